The topological polar surface area (TPSA) is 40.0 Å². The molecule has 1 heterocycles. The highest BCUT2D eigenvalue weighted by Gasteiger charge is 2.13. The standard InChI is InChI=1S/C19H19NO3/c1-21-16-7-4-13(5-8-16)14-6-9-18-15(10-14)11-17(22-2)12-19(20-18)23-3/h4-10,12H,11H2,1-3H3. The summed E-state index contributed by atoms with van der Waals surface area (Å²) < 4.78 is 15.9. The number of fused-ring (bicyclic) bond motifs is 1. The van der Waals surface area contributed by atoms with Crippen molar-refractivity contribution in [2.24, 2.45) is 4.99 Å². The molecule has 0 saturated carbocycles. The summed E-state index contributed by atoms with van der Waals surface area (Å²) in [5.74, 6) is 2.23. The Bertz CT molecular complexity index is 761. The number of allylic oxidation sites excluding steroid dienone is 1. The van der Waals surface area contributed by atoms with Crippen LogP contribution in [0.5, 0.6) is 5.75 Å². The minimum absolute atomic E-state index is 0.554. The Labute approximate surface area is 136 Å². The van der Waals surface area contributed by atoms with Gasteiger partial charge in [-0.15, -0.1) is 0 Å². The molecule has 0 amide bonds. The van der Waals surface area contributed by atoms with E-state index in [1.807, 2.05) is 36.4 Å². The van der Waals surface area contributed by atoms with E-state index in [0.29, 0.717) is 12.3 Å². The van der Waals surface area contributed by atoms with Crippen LogP contribution in [-0.2, 0) is 15.9 Å². The molecule has 3 rings (SSSR count). The van der Waals surface area contributed by atoms with Gasteiger partial charge in [-0.3, -0.25) is 0 Å². The molecule has 118 valence electrons. The van der Waals surface area contributed by atoms with Crippen LogP contribution in [0.3, 0.4) is 0 Å². The quantitative estimate of drug-likeness (QED) is 0.856. The minimum atomic E-state index is 0.554. The van der Waals surface area contributed by atoms with E-state index in [0.717, 1.165) is 33.9 Å². The van der Waals surface area contributed by atoms with Crippen molar-refractivity contribution in [2.75, 3.05) is 21.3 Å². The monoisotopic (exact) mass is 309 g/mol. The Morgan fingerprint density at radius 2 is 1.57 bits per heavy atom. The maximum Gasteiger partial charge on any atom is 0.216 e. The van der Waals surface area contributed by atoms with Crippen LogP contribution in [0.25, 0.3) is 11.1 Å². The van der Waals surface area contributed by atoms with E-state index in [1.54, 1.807) is 21.3 Å². The van der Waals surface area contributed by atoms with E-state index in [2.05, 4.69) is 17.1 Å². The van der Waals surface area contributed by atoms with Crippen molar-refractivity contribution >= 4 is 11.6 Å². The summed E-state index contributed by atoms with van der Waals surface area (Å²) in [6.07, 6.45) is 2.51. The molecule has 0 unspecified atom stereocenters. The molecule has 0 fully saturated rings. The summed E-state index contributed by atoms with van der Waals surface area (Å²) in [6, 6.07) is 14.2. The molecule has 0 radical (unpaired) electrons. The summed E-state index contributed by atoms with van der Waals surface area (Å²) in [4.78, 5) is 4.54. The van der Waals surface area contributed by atoms with Crippen LogP contribution in [0.2, 0.25) is 0 Å². The average Bonchev–Trinajstić information content (AvgIpc) is 2.79. The molecule has 0 aliphatic carbocycles. The molecular weight excluding hydrogens is 290 g/mol. The molecule has 23 heavy (non-hydrogen) atoms. The Kier molecular flexibility index (Phi) is 4.33. The third kappa shape index (κ3) is 3.21. The lowest BCUT2D eigenvalue weighted by Gasteiger charge is -2.09. The molecule has 0 aromatic heterocycles. The predicted octanol–water partition coefficient (Wildman–Crippen LogP) is 4.13. The lowest BCUT2D eigenvalue weighted by molar-refractivity contribution is 0.282. The molecule has 0 N–H and O–H groups in total. The third-order valence-electron chi connectivity index (χ3n) is 3.85. The molecule has 2 aromatic carbocycles. The van der Waals surface area contributed by atoms with Gasteiger partial charge in [-0.25, -0.2) is 4.99 Å². The van der Waals surface area contributed by atoms with Crippen molar-refractivity contribution in [3.05, 3.63) is 59.9 Å². The normalized spacial score (nSPS) is 13.3. The zero-order valence-electron chi connectivity index (χ0n) is 13.5. The number of methoxy groups -OCH3 is 3. The van der Waals surface area contributed by atoms with Crippen LogP contribution in [0, 0.1) is 0 Å². The average molecular weight is 309 g/mol. The van der Waals surface area contributed by atoms with Gasteiger partial charge in [0.2, 0.25) is 5.90 Å². The molecule has 0 bridgehead atoms. The number of aliphatic imine (C=N–C) groups is 1. The Balaban J connectivity index is 2.00. The van der Waals surface area contributed by atoms with Crippen molar-refractivity contribution in [1.82, 2.24) is 0 Å². The van der Waals surface area contributed by atoms with Gasteiger partial charge in [0.05, 0.1) is 27.0 Å². The number of nitrogens with zero attached hydrogens (tertiary/aromatic N) is 1. The van der Waals surface area contributed by atoms with Crippen LogP contribution in [0.1, 0.15) is 5.56 Å². The Hall–Kier alpha value is -2.75. The van der Waals surface area contributed by atoms with Gasteiger partial charge in [-0.1, -0.05) is 18.2 Å². The summed E-state index contributed by atoms with van der Waals surface area (Å²) >= 11 is 0. The van der Waals surface area contributed by atoms with Crippen molar-refractivity contribution in [2.45, 2.75) is 6.42 Å². The predicted molar refractivity (Wildman–Crippen MR) is 91.3 cm³/mol. The number of hydrogen-bond acceptors (Lipinski definition) is 4. The fraction of sp³-hybridized carbons (Fsp3) is 0.211. The Morgan fingerprint density at radius 3 is 2.22 bits per heavy atom. The fourth-order valence-corrected chi connectivity index (χ4v) is 2.56. The maximum atomic E-state index is 5.42. The van der Waals surface area contributed by atoms with Gasteiger partial charge in [-0.05, 0) is 41.0 Å². The van der Waals surface area contributed by atoms with Crippen molar-refractivity contribution in [3.63, 3.8) is 0 Å². The van der Waals surface area contributed by atoms with Crippen molar-refractivity contribution in [3.8, 4) is 16.9 Å². The minimum Gasteiger partial charge on any atom is -0.501 e. The van der Waals surface area contributed by atoms with Gasteiger partial charge < -0.3 is 14.2 Å². The highest BCUT2D eigenvalue weighted by Crippen LogP contribution is 2.31. The highest BCUT2D eigenvalue weighted by molar-refractivity contribution is 5.91. The van der Waals surface area contributed by atoms with E-state index in [-0.39, 0.29) is 0 Å². The first-order valence-electron chi connectivity index (χ1n) is 7.38. The molecule has 4 heteroatoms. The number of rotatable bonds is 3. The van der Waals surface area contributed by atoms with E-state index in [4.69, 9.17) is 14.2 Å². The zero-order chi connectivity index (χ0) is 16.2. The first-order chi connectivity index (χ1) is 11.2. The summed E-state index contributed by atoms with van der Waals surface area (Å²) in [5, 5.41) is 0. The number of hydrogen-bond donors (Lipinski definition) is 0. The zero-order valence-corrected chi connectivity index (χ0v) is 13.5. The van der Waals surface area contributed by atoms with Gasteiger partial charge in [0.1, 0.15) is 11.5 Å². The second kappa shape index (κ2) is 6.57. The molecule has 2 aromatic rings. The Morgan fingerprint density at radius 1 is 0.826 bits per heavy atom. The third-order valence-corrected chi connectivity index (χ3v) is 3.85. The van der Waals surface area contributed by atoms with Gasteiger partial charge in [0.15, 0.2) is 0 Å². The second-order valence-electron chi connectivity index (χ2n) is 5.22. The molecular formula is C19H19NO3. The molecule has 0 spiro atoms. The van der Waals surface area contributed by atoms with Crippen molar-refractivity contribution < 1.29 is 14.2 Å². The van der Waals surface area contributed by atoms with Crippen molar-refractivity contribution in [1.29, 1.82) is 0 Å². The SMILES string of the molecule is COC1=CC(OC)=Nc2ccc(-c3ccc(OC)cc3)cc2C1. The van der Waals surface area contributed by atoms with E-state index < -0.39 is 0 Å². The van der Waals surface area contributed by atoms with Gasteiger partial charge >= 0.3 is 0 Å². The fourth-order valence-electron chi connectivity index (χ4n) is 2.56. The largest absolute Gasteiger partial charge is 0.501 e. The van der Waals surface area contributed by atoms with E-state index in [1.165, 1.54) is 0 Å². The van der Waals surface area contributed by atoms with Crippen LogP contribution < -0.4 is 4.74 Å². The second-order valence-corrected chi connectivity index (χ2v) is 5.22. The smallest absolute Gasteiger partial charge is 0.216 e. The summed E-state index contributed by atoms with van der Waals surface area (Å²) in [5.41, 5.74) is 4.29. The van der Waals surface area contributed by atoms with Gasteiger partial charge in [0, 0.05) is 12.5 Å². The van der Waals surface area contributed by atoms with Crippen LogP contribution in [-0.4, -0.2) is 27.2 Å². The van der Waals surface area contributed by atoms with Gasteiger partial charge in [-0.2, -0.15) is 0 Å². The highest BCUT2D eigenvalue weighted by atomic mass is 16.5. The van der Waals surface area contributed by atoms with E-state index >= 15 is 0 Å². The first kappa shape index (κ1) is 15.2. The molecule has 1 aliphatic rings. The van der Waals surface area contributed by atoms with Gasteiger partial charge in [0.25, 0.3) is 0 Å². The van der Waals surface area contributed by atoms with Crippen LogP contribution >= 0.6 is 0 Å². The number of benzene rings is 2. The van der Waals surface area contributed by atoms with Crippen LogP contribution in [0.4, 0.5) is 5.69 Å². The summed E-state index contributed by atoms with van der Waals surface area (Å²) in [7, 11) is 4.94. The van der Waals surface area contributed by atoms with E-state index in [9.17, 15) is 0 Å². The molecule has 1 aliphatic heterocycles. The molecule has 0 saturated heterocycles. The lowest BCUT2D eigenvalue weighted by Crippen LogP contribution is -1.98. The van der Waals surface area contributed by atoms with Crippen LogP contribution in [0.15, 0.2) is 59.3 Å². The maximum absolute atomic E-state index is 5.42. The molecule has 4 nitrogen and oxygen atoms in total. The molecule has 0 atom stereocenters. The lowest BCUT2D eigenvalue weighted by atomic mass is 10.00. The summed E-state index contributed by atoms with van der Waals surface area (Å²) in [6.45, 7) is 0. The first-order valence-corrected chi connectivity index (χ1v) is 7.38. The number of ether oxygens (including phenoxy) is 3.